The minimum atomic E-state index is -0.519. The predicted octanol–water partition coefficient (Wildman–Crippen LogP) is 3.29. The fourth-order valence-electron chi connectivity index (χ4n) is 2.45. The Morgan fingerprint density at radius 2 is 1.81 bits per heavy atom. The van der Waals surface area contributed by atoms with Gasteiger partial charge in [-0.15, -0.1) is 6.58 Å². The van der Waals surface area contributed by atoms with Crippen LogP contribution in [-0.4, -0.2) is 28.4 Å². The first kappa shape index (κ1) is 17.6. The van der Waals surface area contributed by atoms with Gasteiger partial charge in [0.1, 0.15) is 17.1 Å². The zero-order valence-corrected chi connectivity index (χ0v) is 14.7. The van der Waals surface area contributed by atoms with E-state index in [-0.39, 0.29) is 17.2 Å². The molecule has 1 heterocycles. The molecule has 6 heteroatoms. The highest BCUT2D eigenvalue weighted by Gasteiger charge is 2.32. The number of amides is 2. The number of benzene rings is 2. The number of hydrogen-bond acceptors (Lipinski definition) is 4. The van der Waals surface area contributed by atoms with Crippen molar-refractivity contribution < 1.29 is 14.3 Å². The zero-order chi connectivity index (χ0) is 18.5. The quantitative estimate of drug-likeness (QED) is 0.383. The van der Waals surface area contributed by atoms with Crippen molar-refractivity contribution in [1.82, 2.24) is 10.2 Å². The lowest BCUT2D eigenvalue weighted by Gasteiger charge is -2.27. The number of ether oxygens (including phenoxy) is 1. The smallest absolute Gasteiger partial charge is 0.265 e. The van der Waals surface area contributed by atoms with Crippen molar-refractivity contribution in [2.45, 2.75) is 0 Å². The van der Waals surface area contributed by atoms with Crippen molar-refractivity contribution >= 4 is 35.2 Å². The van der Waals surface area contributed by atoms with Gasteiger partial charge in [0.15, 0.2) is 5.11 Å². The Kier molecular flexibility index (Phi) is 5.24. The summed E-state index contributed by atoms with van der Waals surface area (Å²) < 4.78 is 5.78. The first-order valence-corrected chi connectivity index (χ1v) is 8.32. The molecule has 3 rings (SSSR count). The summed E-state index contributed by atoms with van der Waals surface area (Å²) in [5, 5.41) is 2.60. The van der Waals surface area contributed by atoms with E-state index >= 15 is 0 Å². The van der Waals surface area contributed by atoms with Crippen LogP contribution in [-0.2, 0) is 9.59 Å². The van der Waals surface area contributed by atoms with Crippen molar-refractivity contribution in [3.05, 3.63) is 78.4 Å². The second kappa shape index (κ2) is 7.76. The Labute approximate surface area is 156 Å². The lowest BCUT2D eigenvalue weighted by atomic mass is 10.1. The van der Waals surface area contributed by atoms with Gasteiger partial charge < -0.3 is 4.74 Å². The van der Waals surface area contributed by atoms with Crippen LogP contribution >= 0.6 is 12.2 Å². The third-order valence-electron chi connectivity index (χ3n) is 3.65. The van der Waals surface area contributed by atoms with Gasteiger partial charge in [0, 0.05) is 6.54 Å². The number of carbonyl (C=O) groups excluding carboxylic acids is 2. The van der Waals surface area contributed by atoms with Gasteiger partial charge in [0.25, 0.3) is 11.8 Å². The molecule has 5 nitrogen and oxygen atoms in total. The Morgan fingerprint density at radius 1 is 1.08 bits per heavy atom. The molecule has 0 aliphatic carbocycles. The van der Waals surface area contributed by atoms with Crippen LogP contribution in [0, 0.1) is 0 Å². The maximum Gasteiger partial charge on any atom is 0.265 e. The van der Waals surface area contributed by atoms with Crippen LogP contribution in [0.25, 0.3) is 6.08 Å². The molecule has 2 aromatic rings. The fraction of sp³-hybridized carbons (Fsp3) is 0.0500. The average molecular weight is 364 g/mol. The van der Waals surface area contributed by atoms with E-state index in [2.05, 4.69) is 11.9 Å². The summed E-state index contributed by atoms with van der Waals surface area (Å²) in [5.41, 5.74) is 0.681. The molecule has 0 saturated carbocycles. The van der Waals surface area contributed by atoms with Crippen molar-refractivity contribution in [3.63, 3.8) is 0 Å². The summed E-state index contributed by atoms with van der Waals surface area (Å²) in [6.07, 6.45) is 3.07. The second-order valence-electron chi connectivity index (χ2n) is 5.51. The number of para-hydroxylation sites is 1. The van der Waals surface area contributed by atoms with E-state index in [0.717, 1.165) is 0 Å². The lowest BCUT2D eigenvalue weighted by Crippen LogP contribution is -2.53. The maximum atomic E-state index is 12.5. The molecule has 0 unspecified atom stereocenters. The van der Waals surface area contributed by atoms with Gasteiger partial charge in [-0.2, -0.15) is 0 Å². The molecule has 1 aliphatic rings. The van der Waals surface area contributed by atoms with Crippen molar-refractivity contribution in [3.8, 4) is 11.5 Å². The summed E-state index contributed by atoms with van der Waals surface area (Å²) in [5.74, 6) is 0.335. The predicted molar refractivity (Wildman–Crippen MR) is 104 cm³/mol. The number of thiocarbonyl (C=S) groups is 1. The molecule has 0 bridgehead atoms. The highest BCUT2D eigenvalue weighted by atomic mass is 32.1. The molecule has 1 fully saturated rings. The highest BCUT2D eigenvalue weighted by molar-refractivity contribution is 7.80. The second-order valence-corrected chi connectivity index (χ2v) is 5.90. The van der Waals surface area contributed by atoms with Gasteiger partial charge in [0.05, 0.1) is 0 Å². The summed E-state index contributed by atoms with van der Waals surface area (Å²) in [4.78, 5) is 26.0. The molecule has 1 N–H and O–H groups in total. The molecule has 0 spiro atoms. The number of nitrogens with zero attached hydrogens (tertiary/aromatic N) is 1. The van der Waals surface area contributed by atoms with E-state index < -0.39 is 11.8 Å². The summed E-state index contributed by atoms with van der Waals surface area (Å²) in [6, 6.07) is 16.5. The Morgan fingerprint density at radius 3 is 2.54 bits per heavy atom. The van der Waals surface area contributed by atoms with Gasteiger partial charge in [-0.05, 0) is 48.1 Å². The van der Waals surface area contributed by atoms with Crippen molar-refractivity contribution in [1.29, 1.82) is 0 Å². The van der Waals surface area contributed by atoms with E-state index in [1.165, 1.54) is 11.0 Å². The number of rotatable bonds is 5. The van der Waals surface area contributed by atoms with E-state index in [0.29, 0.717) is 17.1 Å². The summed E-state index contributed by atoms with van der Waals surface area (Å²) in [7, 11) is 0. The lowest BCUT2D eigenvalue weighted by molar-refractivity contribution is -0.128. The van der Waals surface area contributed by atoms with Gasteiger partial charge >= 0.3 is 0 Å². The van der Waals surface area contributed by atoms with Crippen LogP contribution in [0.4, 0.5) is 0 Å². The molecule has 0 aromatic heterocycles. The molecule has 2 amide bonds. The van der Waals surface area contributed by atoms with Crippen molar-refractivity contribution in [2.75, 3.05) is 6.54 Å². The summed E-state index contributed by atoms with van der Waals surface area (Å²) in [6.45, 7) is 3.83. The molecular weight excluding hydrogens is 348 g/mol. The van der Waals surface area contributed by atoms with Gasteiger partial charge in [0.2, 0.25) is 0 Å². The Balaban J connectivity index is 1.87. The van der Waals surface area contributed by atoms with Crippen LogP contribution in [0.3, 0.4) is 0 Å². The topological polar surface area (TPSA) is 58.6 Å². The maximum absolute atomic E-state index is 12.5. The van der Waals surface area contributed by atoms with E-state index in [9.17, 15) is 9.59 Å². The minimum Gasteiger partial charge on any atom is -0.457 e. The molecule has 1 saturated heterocycles. The molecule has 1 aliphatic heterocycles. The average Bonchev–Trinajstić information content (AvgIpc) is 2.63. The number of carbonyl (C=O) groups is 2. The minimum absolute atomic E-state index is 0.0114. The Hall–Kier alpha value is -3.25. The van der Waals surface area contributed by atoms with Crippen LogP contribution in [0.5, 0.6) is 11.5 Å². The van der Waals surface area contributed by atoms with Crippen LogP contribution < -0.4 is 10.1 Å². The standard InChI is InChI=1S/C20H16N2O3S/c1-2-11-22-19(24)17(18(23)21-20(22)26)13-14-7-6-10-16(12-14)25-15-8-4-3-5-9-15/h2-10,12-13H,1,11H2,(H,21,23,26). The monoisotopic (exact) mass is 364 g/mol. The molecule has 0 atom stereocenters. The van der Waals surface area contributed by atoms with Crippen molar-refractivity contribution in [2.24, 2.45) is 0 Å². The first-order chi connectivity index (χ1) is 12.6. The molecule has 2 aromatic carbocycles. The molecule has 0 radical (unpaired) electrons. The van der Waals surface area contributed by atoms with Crippen LogP contribution in [0.1, 0.15) is 5.56 Å². The number of nitrogens with one attached hydrogen (secondary N) is 1. The third kappa shape index (κ3) is 3.87. The molecule has 130 valence electrons. The summed E-state index contributed by atoms with van der Waals surface area (Å²) >= 11 is 5.04. The van der Waals surface area contributed by atoms with E-state index in [4.69, 9.17) is 17.0 Å². The van der Waals surface area contributed by atoms with E-state index in [1.54, 1.807) is 30.3 Å². The zero-order valence-electron chi connectivity index (χ0n) is 13.8. The van der Waals surface area contributed by atoms with E-state index in [1.807, 2.05) is 30.3 Å². The largest absolute Gasteiger partial charge is 0.457 e. The van der Waals surface area contributed by atoms with Gasteiger partial charge in [-0.25, -0.2) is 0 Å². The first-order valence-electron chi connectivity index (χ1n) is 7.91. The Bertz CT molecular complexity index is 906. The van der Waals surface area contributed by atoms with Crippen LogP contribution in [0.15, 0.2) is 72.8 Å². The number of hydrogen-bond donors (Lipinski definition) is 1. The third-order valence-corrected chi connectivity index (χ3v) is 3.97. The SMILES string of the molecule is C=CCN1C(=O)C(=Cc2cccc(Oc3ccccc3)c2)C(=O)NC1=S. The molecular formula is C20H16N2O3S. The highest BCUT2D eigenvalue weighted by Crippen LogP contribution is 2.23. The molecule has 26 heavy (non-hydrogen) atoms. The van der Waals surface area contributed by atoms with Gasteiger partial charge in [-0.3, -0.25) is 19.8 Å². The van der Waals surface area contributed by atoms with Crippen LogP contribution in [0.2, 0.25) is 0 Å². The fourth-order valence-corrected chi connectivity index (χ4v) is 2.70. The van der Waals surface area contributed by atoms with Gasteiger partial charge in [-0.1, -0.05) is 36.4 Å². The normalized spacial score (nSPS) is 15.8.